The molecule has 130 valence electrons. The predicted octanol–water partition coefficient (Wildman–Crippen LogP) is 6.74. The summed E-state index contributed by atoms with van der Waals surface area (Å²) in [4.78, 5) is 10.1. The molecule has 0 aromatic rings. The summed E-state index contributed by atoms with van der Waals surface area (Å²) in [6, 6.07) is 0. The van der Waals surface area contributed by atoms with Crippen molar-refractivity contribution in [2.75, 3.05) is 0 Å². The molecule has 1 N–H and O–H groups in total. The zero-order valence-electron chi connectivity index (χ0n) is 15.0. The van der Waals surface area contributed by atoms with E-state index in [2.05, 4.69) is 26.0 Å². The Hall–Kier alpha value is -0.790. The molecule has 1 unspecified atom stereocenters. The number of carbonyl (C=O) groups is 1. The molecule has 0 aromatic heterocycles. The summed E-state index contributed by atoms with van der Waals surface area (Å²) in [5.74, 6) is 0.260. The fraction of sp³-hybridized carbons (Fsp3) is 0.850. The van der Waals surface area contributed by atoms with E-state index in [-0.39, 0.29) is 0 Å². The minimum Gasteiger partial charge on any atom is -0.481 e. The van der Waals surface area contributed by atoms with Crippen LogP contribution < -0.4 is 0 Å². The van der Waals surface area contributed by atoms with Crippen molar-refractivity contribution in [2.45, 2.75) is 104 Å². The van der Waals surface area contributed by atoms with E-state index in [1.54, 1.807) is 0 Å². The van der Waals surface area contributed by atoms with E-state index in [0.29, 0.717) is 6.42 Å². The quantitative estimate of drug-likeness (QED) is 0.339. The van der Waals surface area contributed by atoms with Crippen LogP contribution in [0.3, 0.4) is 0 Å². The number of hydrogen-bond acceptors (Lipinski definition) is 1. The normalized spacial score (nSPS) is 16.9. The third kappa shape index (κ3) is 15.6. The first-order chi connectivity index (χ1) is 10.7. The molecule has 1 atom stereocenters. The average Bonchev–Trinajstić information content (AvgIpc) is 2.52. The molecule has 0 fully saturated rings. The zero-order chi connectivity index (χ0) is 16.5. The molecule has 2 heteroatoms. The van der Waals surface area contributed by atoms with Crippen LogP contribution >= 0.6 is 0 Å². The van der Waals surface area contributed by atoms with Gasteiger partial charge in [0.25, 0.3) is 0 Å². The summed E-state index contributed by atoms with van der Waals surface area (Å²) in [5.41, 5.74) is 0. The van der Waals surface area contributed by atoms with Crippen LogP contribution in [0.25, 0.3) is 0 Å². The van der Waals surface area contributed by atoms with Crippen molar-refractivity contribution in [3.05, 3.63) is 12.2 Å². The van der Waals surface area contributed by atoms with Gasteiger partial charge in [0.15, 0.2) is 0 Å². The molecule has 0 saturated carbocycles. The number of aliphatic carboxylic acids is 1. The Kier molecular flexibility index (Phi) is 16.0. The van der Waals surface area contributed by atoms with Crippen LogP contribution in [-0.2, 0) is 4.79 Å². The molecule has 0 radical (unpaired) electrons. The second-order valence-corrected chi connectivity index (χ2v) is 6.53. The van der Waals surface area contributed by atoms with Gasteiger partial charge in [0.05, 0.1) is 0 Å². The van der Waals surface area contributed by atoms with E-state index in [1.807, 2.05) is 0 Å². The highest BCUT2D eigenvalue weighted by Gasteiger charge is 2.06. The molecule has 1 aliphatic carbocycles. The Morgan fingerprint density at radius 3 is 2.23 bits per heavy atom. The number of hydrogen-bond donors (Lipinski definition) is 1. The Labute approximate surface area is 138 Å². The van der Waals surface area contributed by atoms with Gasteiger partial charge in [-0.25, -0.2) is 0 Å². The van der Waals surface area contributed by atoms with Gasteiger partial charge in [-0.15, -0.1) is 0 Å². The lowest BCUT2D eigenvalue weighted by Crippen LogP contribution is -2.00. The minimum absolute atomic E-state index is 0.339. The smallest absolute Gasteiger partial charge is 0.303 e. The average molecular weight is 311 g/mol. The molecule has 0 amide bonds. The fourth-order valence-electron chi connectivity index (χ4n) is 2.84. The maximum atomic E-state index is 10.1. The topological polar surface area (TPSA) is 37.3 Å². The number of unbranched alkanes of at least 4 members (excludes halogenated alkanes) is 7. The van der Waals surface area contributed by atoms with Crippen LogP contribution in [0.4, 0.5) is 0 Å². The lowest BCUT2D eigenvalue weighted by atomic mass is 9.91. The first kappa shape index (κ1) is 21.2. The van der Waals surface area contributed by atoms with Gasteiger partial charge in [0.2, 0.25) is 0 Å². The van der Waals surface area contributed by atoms with E-state index in [0.717, 1.165) is 18.8 Å². The van der Waals surface area contributed by atoms with Crippen molar-refractivity contribution in [1.29, 1.82) is 0 Å². The number of rotatable bonds is 11. The van der Waals surface area contributed by atoms with Crippen molar-refractivity contribution in [3.8, 4) is 0 Å². The first-order valence-electron chi connectivity index (χ1n) is 9.59. The molecule has 0 heterocycles. The van der Waals surface area contributed by atoms with E-state index < -0.39 is 5.97 Å². The van der Waals surface area contributed by atoms with Crippen LogP contribution in [-0.4, -0.2) is 11.1 Å². The molecule has 2 nitrogen and oxygen atoms in total. The summed E-state index contributed by atoms with van der Waals surface area (Å²) in [6.45, 7) is 4.45. The highest BCUT2D eigenvalue weighted by molar-refractivity contribution is 5.66. The van der Waals surface area contributed by atoms with Crippen molar-refractivity contribution in [3.63, 3.8) is 0 Å². The van der Waals surface area contributed by atoms with Crippen molar-refractivity contribution >= 4 is 5.97 Å². The van der Waals surface area contributed by atoms with Crippen LogP contribution in [0.2, 0.25) is 0 Å². The predicted molar refractivity (Wildman–Crippen MR) is 96.3 cm³/mol. The fourth-order valence-corrected chi connectivity index (χ4v) is 2.84. The second kappa shape index (κ2) is 16.6. The van der Waals surface area contributed by atoms with Crippen molar-refractivity contribution in [2.24, 2.45) is 5.92 Å². The highest BCUT2D eigenvalue weighted by Crippen LogP contribution is 2.22. The molecule has 1 aliphatic rings. The van der Waals surface area contributed by atoms with Gasteiger partial charge in [0.1, 0.15) is 0 Å². The van der Waals surface area contributed by atoms with Gasteiger partial charge < -0.3 is 5.11 Å². The van der Waals surface area contributed by atoms with Gasteiger partial charge in [0, 0.05) is 6.42 Å². The largest absolute Gasteiger partial charge is 0.481 e. The molecule has 1 rings (SSSR count). The van der Waals surface area contributed by atoms with Crippen LogP contribution in [0.5, 0.6) is 0 Å². The summed E-state index contributed by atoms with van der Waals surface area (Å²) < 4.78 is 0. The summed E-state index contributed by atoms with van der Waals surface area (Å²) >= 11 is 0. The third-order valence-electron chi connectivity index (χ3n) is 4.28. The monoisotopic (exact) mass is 310 g/mol. The van der Waals surface area contributed by atoms with Crippen LogP contribution in [0, 0.1) is 5.92 Å². The number of allylic oxidation sites excluding steroid dienone is 2. The first-order valence-corrected chi connectivity index (χ1v) is 9.59. The lowest BCUT2D eigenvalue weighted by Gasteiger charge is -2.15. The Balaban J connectivity index is 0.000000401. The summed E-state index contributed by atoms with van der Waals surface area (Å²) in [5, 5.41) is 8.32. The highest BCUT2D eigenvalue weighted by atomic mass is 16.4. The van der Waals surface area contributed by atoms with Crippen LogP contribution in [0.1, 0.15) is 104 Å². The van der Waals surface area contributed by atoms with Crippen molar-refractivity contribution in [1.82, 2.24) is 0 Å². The minimum atomic E-state index is -0.666. The van der Waals surface area contributed by atoms with Gasteiger partial charge in [-0.3, -0.25) is 4.79 Å². The molecule has 0 aliphatic heterocycles. The number of carboxylic acids is 1. The summed E-state index contributed by atoms with van der Waals surface area (Å²) in [7, 11) is 0. The SMILES string of the molecule is CCCCCC1C=CCCC1.CCCCCCCCC(=O)O. The molecule has 0 saturated heterocycles. The molecule has 0 aromatic carbocycles. The molecular formula is C20H38O2. The maximum absolute atomic E-state index is 10.1. The Morgan fingerprint density at radius 1 is 1.00 bits per heavy atom. The third-order valence-corrected chi connectivity index (χ3v) is 4.28. The van der Waals surface area contributed by atoms with Gasteiger partial charge in [-0.1, -0.05) is 77.4 Å². The zero-order valence-corrected chi connectivity index (χ0v) is 15.0. The van der Waals surface area contributed by atoms with Gasteiger partial charge in [-0.2, -0.15) is 0 Å². The molecule has 0 spiro atoms. The number of carboxylic acid groups (broad SMARTS) is 1. The summed E-state index contributed by atoms with van der Waals surface area (Å²) in [6.07, 6.45) is 21.9. The van der Waals surface area contributed by atoms with E-state index in [9.17, 15) is 4.79 Å². The van der Waals surface area contributed by atoms with E-state index >= 15 is 0 Å². The second-order valence-electron chi connectivity index (χ2n) is 6.53. The molecule has 22 heavy (non-hydrogen) atoms. The lowest BCUT2D eigenvalue weighted by molar-refractivity contribution is -0.137. The van der Waals surface area contributed by atoms with Gasteiger partial charge in [-0.05, 0) is 38.0 Å². The standard InChI is InChI=1S/C11H20.C9H18O2/c1-2-3-5-8-11-9-6-4-7-10-11;1-2-3-4-5-6-7-8-9(10)11/h6,9,11H,2-5,7-8,10H2,1H3;2-8H2,1H3,(H,10,11). The van der Waals surface area contributed by atoms with Crippen molar-refractivity contribution < 1.29 is 9.90 Å². The van der Waals surface area contributed by atoms with E-state index in [4.69, 9.17) is 5.11 Å². The molecule has 0 bridgehead atoms. The Bertz CT molecular complexity index is 271. The van der Waals surface area contributed by atoms with Gasteiger partial charge >= 0.3 is 5.97 Å². The molecular weight excluding hydrogens is 272 g/mol. The Morgan fingerprint density at radius 2 is 1.64 bits per heavy atom. The van der Waals surface area contributed by atoms with E-state index in [1.165, 1.54) is 70.6 Å². The maximum Gasteiger partial charge on any atom is 0.303 e. The van der Waals surface area contributed by atoms with Crippen LogP contribution in [0.15, 0.2) is 12.2 Å².